The van der Waals surface area contributed by atoms with E-state index in [1.165, 1.54) is 16.7 Å². The number of fused-ring (bicyclic) bond motifs is 2. The number of rotatable bonds is 8. The highest BCUT2D eigenvalue weighted by Gasteiger charge is 2.26. The van der Waals surface area contributed by atoms with E-state index >= 15 is 0 Å². The smallest absolute Gasteiger partial charge is 0.328 e. The Balaban J connectivity index is 0.867. The number of aromatic nitrogens is 3. The maximum atomic E-state index is 13.3. The van der Waals surface area contributed by atoms with Gasteiger partial charge in [0.25, 0.3) is 5.91 Å². The zero-order valence-corrected chi connectivity index (χ0v) is 32.4. The number of hydrogen-bond donors (Lipinski definition) is 2. The van der Waals surface area contributed by atoms with E-state index in [0.717, 1.165) is 84.0 Å². The number of hydrogen-bond acceptors (Lipinski definition) is 8. The molecule has 13 nitrogen and oxygen atoms in total. The maximum Gasteiger partial charge on any atom is 0.328 e. The van der Waals surface area contributed by atoms with Crippen molar-refractivity contribution in [2.24, 2.45) is 0 Å². The van der Waals surface area contributed by atoms with Gasteiger partial charge in [-0.2, -0.15) is 0 Å². The Bertz CT molecular complexity index is 2340. The minimum Gasteiger partial charge on any atom is -0.368 e. The van der Waals surface area contributed by atoms with Crippen molar-refractivity contribution in [3.8, 4) is 22.4 Å². The third kappa shape index (κ3) is 7.34. The number of nitrogens with one attached hydrogen (secondary N) is 2. The van der Waals surface area contributed by atoms with Gasteiger partial charge in [-0.1, -0.05) is 12.1 Å². The predicted octanol–water partition coefficient (Wildman–Crippen LogP) is 5.15. The first kappa shape index (κ1) is 36.9. The topological polar surface area (TPSA) is 138 Å². The van der Waals surface area contributed by atoms with Gasteiger partial charge in [0.2, 0.25) is 11.8 Å². The Hall–Kier alpha value is -6.08. The van der Waals surface area contributed by atoms with Crippen LogP contribution in [0.1, 0.15) is 45.5 Å². The molecule has 3 aliphatic rings. The number of carbonyl (C=O) groups is 4. The number of imide groups is 1. The second-order valence-electron chi connectivity index (χ2n) is 15.2. The second kappa shape index (κ2) is 15.2. The van der Waals surface area contributed by atoms with Crippen LogP contribution in [-0.2, 0) is 22.6 Å². The first-order valence-electron chi connectivity index (χ1n) is 19.3. The molecule has 0 radical (unpaired) electrons. The van der Waals surface area contributed by atoms with Crippen molar-refractivity contribution < 1.29 is 19.2 Å². The molecule has 0 unspecified atom stereocenters. The number of aryl methyl sites for hydroxylation is 2. The van der Waals surface area contributed by atoms with Gasteiger partial charge in [-0.15, -0.1) is 0 Å². The van der Waals surface area contributed by atoms with Crippen LogP contribution in [0, 0.1) is 13.8 Å². The highest BCUT2D eigenvalue weighted by atomic mass is 16.2. The quantitative estimate of drug-likeness (QED) is 0.222. The Labute approximate surface area is 326 Å². The lowest BCUT2D eigenvalue weighted by molar-refractivity contribution is -0.132. The molecule has 0 aliphatic carbocycles. The lowest BCUT2D eigenvalue weighted by Crippen LogP contribution is -2.50. The molecule has 5 amide bonds. The van der Waals surface area contributed by atoms with Crippen molar-refractivity contribution in [3.63, 3.8) is 0 Å². The van der Waals surface area contributed by atoms with Gasteiger partial charge >= 0.3 is 6.03 Å². The third-order valence-electron chi connectivity index (χ3n) is 11.3. The number of anilines is 2. The first-order valence-corrected chi connectivity index (χ1v) is 19.3. The molecule has 0 spiro atoms. The first-order chi connectivity index (χ1) is 27.0. The van der Waals surface area contributed by atoms with Crippen LogP contribution >= 0.6 is 0 Å². The number of benzene rings is 3. The van der Waals surface area contributed by atoms with Crippen molar-refractivity contribution in [1.29, 1.82) is 0 Å². The molecular formula is C43H47N9O4. The van der Waals surface area contributed by atoms with Crippen LogP contribution in [0.2, 0.25) is 0 Å². The summed E-state index contributed by atoms with van der Waals surface area (Å²) < 4.78 is 0. The SMILES string of the molecule is Cc1cc(-c2c[nH]c3ncc(-c4cc(C)c5c(c4)CCN(CCC(=O)N4CCN(c6ccc(N7CCC(=O)NC7=O)cc6)CC4)C5)nc23)ccc1C(=O)N(C)C. The molecule has 0 atom stereocenters. The third-order valence-corrected chi connectivity index (χ3v) is 11.3. The summed E-state index contributed by atoms with van der Waals surface area (Å²) in [6, 6.07) is 17.8. The van der Waals surface area contributed by atoms with Crippen molar-refractivity contribution >= 4 is 46.3 Å². The van der Waals surface area contributed by atoms with E-state index in [1.807, 2.05) is 66.7 Å². The van der Waals surface area contributed by atoms with Gasteiger partial charge in [-0.25, -0.2) is 14.8 Å². The van der Waals surface area contributed by atoms with Crippen LogP contribution in [0.3, 0.4) is 0 Å². The molecular weight excluding hydrogens is 707 g/mol. The zero-order valence-electron chi connectivity index (χ0n) is 32.4. The number of aromatic amines is 1. The number of piperazine rings is 1. The Kier molecular flexibility index (Phi) is 10.0. The molecule has 288 valence electrons. The molecule has 13 heteroatoms. The number of amides is 5. The fourth-order valence-electron chi connectivity index (χ4n) is 8.10. The summed E-state index contributed by atoms with van der Waals surface area (Å²) >= 11 is 0. The van der Waals surface area contributed by atoms with E-state index in [2.05, 4.69) is 39.2 Å². The van der Waals surface area contributed by atoms with E-state index in [9.17, 15) is 19.2 Å². The minimum atomic E-state index is -0.387. The average molecular weight is 754 g/mol. The molecule has 2 aromatic heterocycles. The number of carbonyl (C=O) groups excluding carboxylic acids is 4. The molecule has 5 heterocycles. The summed E-state index contributed by atoms with van der Waals surface area (Å²) in [5, 5.41) is 2.37. The van der Waals surface area contributed by atoms with Crippen molar-refractivity contribution in [1.82, 2.24) is 35.0 Å². The van der Waals surface area contributed by atoms with Gasteiger partial charge in [-0.05, 0) is 90.6 Å². The maximum absolute atomic E-state index is 13.3. The lowest BCUT2D eigenvalue weighted by atomic mass is 9.92. The van der Waals surface area contributed by atoms with Crippen LogP contribution in [-0.4, -0.2) is 113 Å². The summed E-state index contributed by atoms with van der Waals surface area (Å²) in [4.78, 5) is 72.5. The van der Waals surface area contributed by atoms with Gasteiger partial charge in [0.05, 0.1) is 11.9 Å². The number of nitrogens with zero attached hydrogens (tertiary/aromatic N) is 7. The second-order valence-corrected chi connectivity index (χ2v) is 15.2. The zero-order chi connectivity index (χ0) is 39.1. The minimum absolute atomic E-state index is 0.0191. The van der Waals surface area contributed by atoms with E-state index in [0.29, 0.717) is 43.7 Å². The van der Waals surface area contributed by atoms with E-state index < -0.39 is 0 Å². The highest BCUT2D eigenvalue weighted by molar-refractivity contribution is 6.05. The van der Waals surface area contributed by atoms with Gasteiger partial charge in [-0.3, -0.25) is 29.5 Å². The van der Waals surface area contributed by atoms with Gasteiger partial charge in [0, 0.05) is 114 Å². The lowest BCUT2D eigenvalue weighted by Gasteiger charge is -2.37. The molecule has 8 rings (SSSR count). The predicted molar refractivity (Wildman–Crippen MR) is 217 cm³/mol. The van der Waals surface area contributed by atoms with Crippen LogP contribution in [0.15, 0.2) is 67.0 Å². The van der Waals surface area contributed by atoms with Crippen LogP contribution in [0.5, 0.6) is 0 Å². The highest BCUT2D eigenvalue weighted by Crippen LogP contribution is 2.33. The van der Waals surface area contributed by atoms with E-state index in [-0.39, 0.29) is 23.8 Å². The molecule has 2 saturated heterocycles. The van der Waals surface area contributed by atoms with Crippen LogP contribution < -0.4 is 15.1 Å². The molecule has 0 saturated carbocycles. The molecule has 2 fully saturated rings. The van der Waals surface area contributed by atoms with E-state index in [1.54, 1.807) is 23.9 Å². The standard InChI is InChI=1S/C43H47N9O4/c1-27-21-29(5-10-34(27)42(55)48(3)4)35-24-44-41-40(35)46-37(25-45-41)31-22-28(2)36-26-49(14-11-30(36)23-31)15-13-39(54)51-19-17-50(18-20-51)32-6-8-33(9-7-32)52-16-12-38(53)47-43(52)56/h5-10,21-25H,11-20,26H2,1-4H3,(H,44,45)(H,47,53,56). The monoisotopic (exact) mass is 753 g/mol. The summed E-state index contributed by atoms with van der Waals surface area (Å²) in [5.41, 5.74) is 12.5. The Morgan fingerprint density at radius 2 is 1.59 bits per heavy atom. The normalized spacial score (nSPS) is 16.2. The number of urea groups is 1. The fraction of sp³-hybridized carbons (Fsp3) is 0.349. The van der Waals surface area contributed by atoms with Crippen molar-refractivity contribution in [2.75, 3.05) is 69.7 Å². The largest absolute Gasteiger partial charge is 0.368 e. The van der Waals surface area contributed by atoms with Gasteiger partial charge < -0.3 is 19.7 Å². The Morgan fingerprint density at radius 1 is 0.839 bits per heavy atom. The van der Waals surface area contributed by atoms with Crippen molar-refractivity contribution in [3.05, 3.63) is 94.8 Å². The molecule has 0 bridgehead atoms. The van der Waals surface area contributed by atoms with Gasteiger partial charge in [0.1, 0.15) is 5.52 Å². The van der Waals surface area contributed by atoms with Crippen LogP contribution in [0.25, 0.3) is 33.5 Å². The van der Waals surface area contributed by atoms with E-state index in [4.69, 9.17) is 9.97 Å². The average Bonchev–Trinajstić information content (AvgIpc) is 3.63. The summed E-state index contributed by atoms with van der Waals surface area (Å²) in [6.45, 7) is 9.75. The Morgan fingerprint density at radius 3 is 2.32 bits per heavy atom. The number of H-pyrrole nitrogens is 1. The summed E-state index contributed by atoms with van der Waals surface area (Å²) in [6.07, 6.45) is 5.44. The summed E-state index contributed by atoms with van der Waals surface area (Å²) in [5.74, 6) is -0.0741. The molecule has 3 aromatic carbocycles. The van der Waals surface area contributed by atoms with Gasteiger partial charge in [0.15, 0.2) is 5.65 Å². The molecule has 56 heavy (non-hydrogen) atoms. The summed E-state index contributed by atoms with van der Waals surface area (Å²) in [7, 11) is 3.52. The van der Waals surface area contributed by atoms with Crippen molar-refractivity contribution in [2.45, 2.75) is 39.7 Å². The molecule has 3 aliphatic heterocycles. The fourth-order valence-corrected chi connectivity index (χ4v) is 8.10. The van der Waals surface area contributed by atoms with Crippen LogP contribution in [0.4, 0.5) is 16.2 Å². The molecule has 2 N–H and O–H groups in total. The molecule has 5 aromatic rings.